The maximum atomic E-state index is 11.9. The third-order valence-corrected chi connectivity index (χ3v) is 3.35. The average molecular weight is 310 g/mol. The average Bonchev–Trinajstić information content (AvgIpc) is 2.42. The Hall–Kier alpha value is -1.71. The van der Waals surface area contributed by atoms with Gasteiger partial charge in [0.1, 0.15) is 0 Å². The zero-order chi connectivity index (χ0) is 14.7. The summed E-state index contributed by atoms with van der Waals surface area (Å²) in [6, 6.07) is 10.4. The molecule has 3 nitrogen and oxygen atoms in total. The highest BCUT2D eigenvalue weighted by atomic mass is 35.5. The van der Waals surface area contributed by atoms with Crippen molar-refractivity contribution in [3.8, 4) is 11.1 Å². The van der Waals surface area contributed by atoms with Crippen molar-refractivity contribution in [2.45, 2.75) is 6.92 Å². The molecule has 5 heteroatoms. The SMILES string of the molecule is CCOC(=O)c1cc(Cl)cc(-c2ccccc2Cl)c1N. The number of halogens is 2. The van der Waals surface area contributed by atoms with Crippen LogP contribution >= 0.6 is 23.2 Å². The molecule has 104 valence electrons. The van der Waals surface area contributed by atoms with Gasteiger partial charge in [0.05, 0.1) is 17.9 Å². The first-order valence-corrected chi connectivity index (χ1v) is 6.81. The quantitative estimate of drug-likeness (QED) is 0.674. The molecule has 0 fully saturated rings. The number of anilines is 1. The van der Waals surface area contributed by atoms with Gasteiger partial charge >= 0.3 is 5.97 Å². The Morgan fingerprint density at radius 1 is 1.20 bits per heavy atom. The largest absolute Gasteiger partial charge is 0.462 e. The summed E-state index contributed by atoms with van der Waals surface area (Å²) in [6.45, 7) is 2.00. The minimum Gasteiger partial charge on any atom is -0.462 e. The maximum absolute atomic E-state index is 11.9. The molecule has 0 bridgehead atoms. The van der Waals surface area contributed by atoms with Crippen LogP contribution in [-0.2, 0) is 4.74 Å². The topological polar surface area (TPSA) is 52.3 Å². The summed E-state index contributed by atoms with van der Waals surface area (Å²) in [4.78, 5) is 11.9. The number of benzene rings is 2. The Balaban J connectivity index is 2.61. The Bertz CT molecular complexity index is 656. The first-order chi connectivity index (χ1) is 9.54. The van der Waals surface area contributed by atoms with Crippen LogP contribution in [0.1, 0.15) is 17.3 Å². The fourth-order valence-corrected chi connectivity index (χ4v) is 2.35. The van der Waals surface area contributed by atoms with Gasteiger partial charge in [-0.05, 0) is 25.1 Å². The van der Waals surface area contributed by atoms with Crippen molar-refractivity contribution in [3.05, 3.63) is 52.0 Å². The lowest BCUT2D eigenvalue weighted by Crippen LogP contribution is -2.09. The van der Waals surface area contributed by atoms with Crippen molar-refractivity contribution in [2.75, 3.05) is 12.3 Å². The molecule has 20 heavy (non-hydrogen) atoms. The Kier molecular flexibility index (Phi) is 4.53. The molecule has 2 N–H and O–H groups in total. The van der Waals surface area contributed by atoms with E-state index in [-0.39, 0.29) is 12.2 Å². The summed E-state index contributed by atoms with van der Waals surface area (Å²) in [7, 11) is 0. The molecular formula is C15H13Cl2NO2. The van der Waals surface area contributed by atoms with Gasteiger partial charge in [-0.1, -0.05) is 41.4 Å². The van der Waals surface area contributed by atoms with E-state index in [2.05, 4.69) is 0 Å². The monoisotopic (exact) mass is 309 g/mol. The van der Waals surface area contributed by atoms with Crippen LogP contribution in [0.3, 0.4) is 0 Å². The molecule has 0 unspecified atom stereocenters. The predicted molar refractivity (Wildman–Crippen MR) is 82.3 cm³/mol. The Morgan fingerprint density at radius 3 is 2.55 bits per heavy atom. The van der Waals surface area contributed by atoms with Gasteiger partial charge < -0.3 is 10.5 Å². The standard InChI is InChI=1S/C15H13Cl2NO2/c1-2-20-15(19)12-8-9(16)7-11(14(12)18)10-5-3-4-6-13(10)17/h3-8H,2,18H2,1H3. The Labute approximate surface area is 127 Å². The minimum atomic E-state index is -0.499. The summed E-state index contributed by atoms with van der Waals surface area (Å²) < 4.78 is 4.97. The van der Waals surface area contributed by atoms with Crippen molar-refractivity contribution >= 4 is 34.9 Å². The number of rotatable bonds is 3. The van der Waals surface area contributed by atoms with Crippen LogP contribution in [0, 0.1) is 0 Å². The molecule has 2 aromatic carbocycles. The molecule has 0 aliphatic heterocycles. The molecule has 0 saturated heterocycles. The van der Waals surface area contributed by atoms with E-state index in [4.69, 9.17) is 33.7 Å². The second kappa shape index (κ2) is 6.16. The van der Waals surface area contributed by atoms with Crippen LogP contribution in [0.15, 0.2) is 36.4 Å². The number of ether oxygens (including phenoxy) is 1. The summed E-state index contributed by atoms with van der Waals surface area (Å²) in [5, 5.41) is 0.938. The molecule has 0 aliphatic rings. The molecule has 0 saturated carbocycles. The van der Waals surface area contributed by atoms with Crippen LogP contribution < -0.4 is 5.73 Å². The lowest BCUT2D eigenvalue weighted by Gasteiger charge is -2.12. The summed E-state index contributed by atoms with van der Waals surface area (Å²) in [5.74, 6) is -0.499. The Morgan fingerprint density at radius 2 is 1.90 bits per heavy atom. The number of hydrogen-bond acceptors (Lipinski definition) is 3. The number of carbonyl (C=O) groups excluding carboxylic acids is 1. The molecule has 0 radical (unpaired) electrons. The minimum absolute atomic E-state index is 0.245. The van der Waals surface area contributed by atoms with Crippen LogP contribution in [0.5, 0.6) is 0 Å². The van der Waals surface area contributed by atoms with E-state index >= 15 is 0 Å². The van der Waals surface area contributed by atoms with Gasteiger partial charge in [0, 0.05) is 21.2 Å². The fraction of sp³-hybridized carbons (Fsp3) is 0.133. The number of esters is 1. The summed E-state index contributed by atoms with van der Waals surface area (Å²) in [5.41, 5.74) is 7.96. The maximum Gasteiger partial charge on any atom is 0.340 e. The number of nitrogen functional groups attached to an aromatic ring is 1. The van der Waals surface area contributed by atoms with E-state index in [1.807, 2.05) is 18.2 Å². The van der Waals surface area contributed by atoms with E-state index in [0.717, 1.165) is 5.56 Å². The van der Waals surface area contributed by atoms with Crippen molar-refractivity contribution in [1.82, 2.24) is 0 Å². The molecule has 0 spiro atoms. The zero-order valence-corrected chi connectivity index (χ0v) is 12.3. The number of carbonyl (C=O) groups is 1. The van der Waals surface area contributed by atoms with Crippen molar-refractivity contribution in [3.63, 3.8) is 0 Å². The lowest BCUT2D eigenvalue weighted by atomic mass is 10.00. The second-order valence-corrected chi connectivity index (χ2v) is 4.96. The normalized spacial score (nSPS) is 10.3. The molecule has 0 aliphatic carbocycles. The van der Waals surface area contributed by atoms with Crippen LogP contribution in [0.4, 0.5) is 5.69 Å². The van der Waals surface area contributed by atoms with Gasteiger partial charge in [-0.2, -0.15) is 0 Å². The first kappa shape index (κ1) is 14.7. The molecule has 0 heterocycles. The van der Waals surface area contributed by atoms with Gasteiger partial charge in [0.15, 0.2) is 0 Å². The van der Waals surface area contributed by atoms with Crippen LogP contribution in [0.2, 0.25) is 10.0 Å². The molecule has 0 aromatic heterocycles. The van der Waals surface area contributed by atoms with Crippen molar-refractivity contribution in [1.29, 1.82) is 0 Å². The van der Waals surface area contributed by atoms with Gasteiger partial charge in [0.2, 0.25) is 0 Å². The van der Waals surface area contributed by atoms with E-state index in [9.17, 15) is 4.79 Å². The zero-order valence-electron chi connectivity index (χ0n) is 10.8. The molecule has 2 aromatic rings. The fourth-order valence-electron chi connectivity index (χ4n) is 1.90. The highest BCUT2D eigenvalue weighted by Gasteiger charge is 2.17. The van der Waals surface area contributed by atoms with E-state index in [1.54, 1.807) is 19.1 Å². The molecule has 2 rings (SSSR count). The van der Waals surface area contributed by atoms with Gasteiger partial charge in [0.25, 0.3) is 0 Å². The summed E-state index contributed by atoms with van der Waals surface area (Å²) >= 11 is 12.2. The van der Waals surface area contributed by atoms with Crippen molar-refractivity contribution < 1.29 is 9.53 Å². The van der Waals surface area contributed by atoms with Gasteiger partial charge in [-0.25, -0.2) is 4.79 Å². The third kappa shape index (κ3) is 2.89. The molecule has 0 atom stereocenters. The number of hydrogen-bond donors (Lipinski definition) is 1. The third-order valence-electron chi connectivity index (χ3n) is 2.80. The summed E-state index contributed by atoms with van der Waals surface area (Å²) in [6.07, 6.45) is 0. The van der Waals surface area contributed by atoms with Gasteiger partial charge in [-0.3, -0.25) is 0 Å². The van der Waals surface area contributed by atoms with Gasteiger partial charge in [-0.15, -0.1) is 0 Å². The van der Waals surface area contributed by atoms with E-state index < -0.39 is 5.97 Å². The predicted octanol–water partition coefficient (Wildman–Crippen LogP) is 4.42. The highest BCUT2D eigenvalue weighted by Crippen LogP contribution is 2.36. The van der Waals surface area contributed by atoms with Crippen LogP contribution in [0.25, 0.3) is 11.1 Å². The van der Waals surface area contributed by atoms with Crippen molar-refractivity contribution in [2.24, 2.45) is 0 Å². The smallest absolute Gasteiger partial charge is 0.340 e. The number of nitrogens with two attached hydrogens (primary N) is 1. The lowest BCUT2D eigenvalue weighted by molar-refractivity contribution is 0.0527. The van der Waals surface area contributed by atoms with E-state index in [0.29, 0.717) is 21.3 Å². The highest BCUT2D eigenvalue weighted by molar-refractivity contribution is 6.34. The second-order valence-electron chi connectivity index (χ2n) is 4.11. The molecule has 0 amide bonds. The molecular weight excluding hydrogens is 297 g/mol. The first-order valence-electron chi connectivity index (χ1n) is 6.05. The van der Waals surface area contributed by atoms with E-state index in [1.165, 1.54) is 6.07 Å². The van der Waals surface area contributed by atoms with Crippen LogP contribution in [-0.4, -0.2) is 12.6 Å².